The van der Waals surface area contributed by atoms with E-state index in [0.29, 0.717) is 12.6 Å². The van der Waals surface area contributed by atoms with Crippen LogP contribution in [0.25, 0.3) is 0 Å². The Kier molecular flexibility index (Phi) is 5.63. The van der Waals surface area contributed by atoms with Crippen molar-refractivity contribution >= 4 is 17.2 Å². The zero-order valence-corrected chi connectivity index (χ0v) is 12.8. The van der Waals surface area contributed by atoms with Crippen LogP contribution in [-0.2, 0) is 0 Å². The van der Waals surface area contributed by atoms with E-state index in [-0.39, 0.29) is 5.91 Å². The molecule has 1 amide bonds. The quantitative estimate of drug-likeness (QED) is 0.870. The summed E-state index contributed by atoms with van der Waals surface area (Å²) in [7, 11) is 0. The molecule has 4 heteroatoms. The van der Waals surface area contributed by atoms with Gasteiger partial charge in [-0.1, -0.05) is 31.1 Å². The van der Waals surface area contributed by atoms with E-state index in [0.717, 1.165) is 29.8 Å². The Hall–Kier alpha value is -1.31. The summed E-state index contributed by atoms with van der Waals surface area (Å²) in [6, 6.07) is 2.31. The summed E-state index contributed by atoms with van der Waals surface area (Å²) in [4.78, 5) is 15.6. The molecule has 0 unspecified atom stereocenters. The number of carbonyl (C=O) groups excluding carboxylic acids is 1. The Morgan fingerprint density at radius 1 is 1.45 bits per heavy atom. The van der Waals surface area contributed by atoms with E-state index < -0.39 is 0 Å². The summed E-state index contributed by atoms with van der Waals surface area (Å²) in [5.41, 5.74) is 6.13. The van der Waals surface area contributed by atoms with Crippen molar-refractivity contribution in [3.8, 4) is 11.8 Å². The van der Waals surface area contributed by atoms with Crippen LogP contribution in [0, 0.1) is 11.8 Å². The third-order valence-corrected chi connectivity index (χ3v) is 4.62. The maximum Gasteiger partial charge on any atom is 0.254 e. The second-order valence-corrected chi connectivity index (χ2v) is 6.00. The molecule has 2 N–H and O–H groups in total. The SMILES string of the molecule is CCN(C(=O)c1csc(C#CCN)c1)C1CCCCC1. The van der Waals surface area contributed by atoms with Gasteiger partial charge in [0.05, 0.1) is 17.0 Å². The van der Waals surface area contributed by atoms with Crippen molar-refractivity contribution in [1.82, 2.24) is 4.90 Å². The topological polar surface area (TPSA) is 46.3 Å². The van der Waals surface area contributed by atoms with Crippen molar-refractivity contribution < 1.29 is 4.79 Å². The van der Waals surface area contributed by atoms with Gasteiger partial charge in [0, 0.05) is 18.0 Å². The summed E-state index contributed by atoms with van der Waals surface area (Å²) >= 11 is 1.52. The molecule has 1 aliphatic rings. The molecule has 20 heavy (non-hydrogen) atoms. The summed E-state index contributed by atoms with van der Waals surface area (Å²) in [6.45, 7) is 3.20. The molecule has 3 nitrogen and oxygen atoms in total. The van der Waals surface area contributed by atoms with Crippen LogP contribution in [0.3, 0.4) is 0 Å². The highest BCUT2D eigenvalue weighted by Crippen LogP contribution is 2.25. The Labute approximate surface area is 125 Å². The van der Waals surface area contributed by atoms with Gasteiger partial charge in [0.15, 0.2) is 0 Å². The van der Waals surface area contributed by atoms with Crippen molar-refractivity contribution in [3.05, 3.63) is 21.9 Å². The largest absolute Gasteiger partial charge is 0.336 e. The van der Waals surface area contributed by atoms with Gasteiger partial charge >= 0.3 is 0 Å². The maximum atomic E-state index is 12.6. The fourth-order valence-corrected chi connectivity index (χ4v) is 3.53. The fourth-order valence-electron chi connectivity index (χ4n) is 2.78. The van der Waals surface area contributed by atoms with Gasteiger partial charge in [-0.15, -0.1) is 11.3 Å². The van der Waals surface area contributed by atoms with Crippen LogP contribution >= 0.6 is 11.3 Å². The first kappa shape index (κ1) is 15.1. The number of nitrogens with two attached hydrogens (primary N) is 1. The van der Waals surface area contributed by atoms with Crippen molar-refractivity contribution in [3.63, 3.8) is 0 Å². The molecule has 0 spiro atoms. The molecule has 0 bridgehead atoms. The number of amides is 1. The highest BCUT2D eigenvalue weighted by atomic mass is 32.1. The smallest absolute Gasteiger partial charge is 0.254 e. The molecule has 0 saturated heterocycles. The molecule has 0 radical (unpaired) electrons. The van der Waals surface area contributed by atoms with E-state index in [4.69, 9.17) is 5.73 Å². The summed E-state index contributed by atoms with van der Waals surface area (Å²) < 4.78 is 0. The van der Waals surface area contributed by atoms with E-state index in [9.17, 15) is 4.79 Å². The molecule has 0 atom stereocenters. The van der Waals surface area contributed by atoms with E-state index in [1.54, 1.807) is 0 Å². The van der Waals surface area contributed by atoms with E-state index in [1.807, 2.05) is 16.3 Å². The second-order valence-electron chi connectivity index (χ2n) is 5.09. The van der Waals surface area contributed by atoms with E-state index in [2.05, 4.69) is 18.8 Å². The lowest BCUT2D eigenvalue weighted by molar-refractivity contribution is 0.0648. The molecule has 108 valence electrons. The third-order valence-electron chi connectivity index (χ3n) is 3.78. The predicted octanol–water partition coefficient (Wildman–Crippen LogP) is 2.85. The molecule has 1 aliphatic carbocycles. The summed E-state index contributed by atoms with van der Waals surface area (Å²) in [5.74, 6) is 5.97. The van der Waals surface area contributed by atoms with Crippen LogP contribution in [0.5, 0.6) is 0 Å². The summed E-state index contributed by atoms with van der Waals surface area (Å²) in [5, 5.41) is 1.91. The Balaban J connectivity index is 2.09. The van der Waals surface area contributed by atoms with Crippen LogP contribution < -0.4 is 5.73 Å². The van der Waals surface area contributed by atoms with E-state index >= 15 is 0 Å². The molecule has 2 rings (SSSR count). The van der Waals surface area contributed by atoms with Gasteiger partial charge in [-0.25, -0.2) is 0 Å². The number of hydrogen-bond donors (Lipinski definition) is 1. The number of rotatable bonds is 3. The van der Waals surface area contributed by atoms with Crippen LogP contribution in [-0.4, -0.2) is 29.9 Å². The average Bonchev–Trinajstić information content (AvgIpc) is 2.96. The Morgan fingerprint density at radius 2 is 2.20 bits per heavy atom. The molecule has 1 heterocycles. The summed E-state index contributed by atoms with van der Waals surface area (Å²) in [6.07, 6.45) is 6.07. The molecular weight excluding hydrogens is 268 g/mol. The molecular formula is C16H22N2OS. The Morgan fingerprint density at radius 3 is 2.85 bits per heavy atom. The first-order chi connectivity index (χ1) is 9.76. The van der Waals surface area contributed by atoms with Gasteiger partial charge in [0.1, 0.15) is 0 Å². The lowest BCUT2D eigenvalue weighted by Crippen LogP contribution is -2.41. The predicted molar refractivity (Wildman–Crippen MR) is 83.8 cm³/mol. The van der Waals surface area contributed by atoms with E-state index in [1.165, 1.54) is 30.6 Å². The monoisotopic (exact) mass is 290 g/mol. The third kappa shape index (κ3) is 3.62. The van der Waals surface area contributed by atoms with Gasteiger partial charge in [-0.05, 0) is 25.8 Å². The standard InChI is InChI=1S/C16H22N2OS/c1-2-18(14-7-4-3-5-8-14)16(19)13-11-15(20-12-13)9-6-10-17/h11-12,14H,2-5,7-8,10,17H2,1H3. The Bertz CT molecular complexity index is 506. The van der Waals surface area contributed by atoms with Crippen molar-refractivity contribution in [2.24, 2.45) is 5.73 Å². The number of thiophene rings is 1. The lowest BCUT2D eigenvalue weighted by atomic mass is 9.94. The van der Waals surface area contributed by atoms with Gasteiger partial charge in [-0.3, -0.25) is 4.79 Å². The first-order valence-corrected chi connectivity index (χ1v) is 8.22. The normalized spacial score (nSPS) is 15.5. The number of nitrogens with zero attached hydrogens (tertiary/aromatic N) is 1. The van der Waals surface area contributed by atoms with Crippen molar-refractivity contribution in [2.45, 2.75) is 45.1 Å². The highest BCUT2D eigenvalue weighted by Gasteiger charge is 2.25. The minimum Gasteiger partial charge on any atom is -0.336 e. The molecule has 1 fully saturated rings. The van der Waals surface area contributed by atoms with Crippen LogP contribution in [0.4, 0.5) is 0 Å². The van der Waals surface area contributed by atoms with Crippen molar-refractivity contribution in [1.29, 1.82) is 0 Å². The minimum absolute atomic E-state index is 0.149. The molecule has 0 aromatic carbocycles. The maximum absolute atomic E-state index is 12.6. The fraction of sp³-hybridized carbons (Fsp3) is 0.562. The molecule has 0 aliphatic heterocycles. The highest BCUT2D eigenvalue weighted by molar-refractivity contribution is 7.10. The molecule has 1 saturated carbocycles. The number of carbonyl (C=O) groups is 1. The number of hydrogen-bond acceptors (Lipinski definition) is 3. The van der Waals surface area contributed by atoms with Crippen LogP contribution in [0.2, 0.25) is 0 Å². The van der Waals surface area contributed by atoms with Crippen LogP contribution in [0.1, 0.15) is 54.3 Å². The van der Waals surface area contributed by atoms with Crippen LogP contribution in [0.15, 0.2) is 11.4 Å². The van der Waals surface area contributed by atoms with Gasteiger partial charge in [0.2, 0.25) is 0 Å². The van der Waals surface area contributed by atoms with Crippen molar-refractivity contribution in [2.75, 3.05) is 13.1 Å². The lowest BCUT2D eigenvalue weighted by Gasteiger charge is -2.33. The molecule has 1 aromatic rings. The zero-order chi connectivity index (χ0) is 14.4. The first-order valence-electron chi connectivity index (χ1n) is 7.34. The van der Waals surface area contributed by atoms with Gasteiger partial charge in [0.25, 0.3) is 5.91 Å². The van der Waals surface area contributed by atoms with Gasteiger partial charge in [-0.2, -0.15) is 0 Å². The second kappa shape index (κ2) is 7.47. The minimum atomic E-state index is 0.149. The average molecular weight is 290 g/mol. The van der Waals surface area contributed by atoms with Gasteiger partial charge < -0.3 is 10.6 Å². The molecule has 1 aromatic heterocycles. The zero-order valence-electron chi connectivity index (χ0n) is 12.0.